The zero-order chi connectivity index (χ0) is 8.72. The quantitative estimate of drug-likeness (QED) is 0.671. The van der Waals surface area contributed by atoms with Crippen molar-refractivity contribution < 1.29 is 32.7 Å². The Hall–Kier alpha value is 0.0839. The minimum Gasteiger partial charge on any atom is -0.371 e. The molecule has 1 heterocycles. The summed E-state index contributed by atoms with van der Waals surface area (Å²) in [5.41, 5.74) is 3.03. The van der Waals surface area contributed by atoms with Crippen LogP contribution in [-0.2, 0) is 39.8 Å². The van der Waals surface area contributed by atoms with Crippen molar-refractivity contribution in [3.05, 3.63) is 29.0 Å². The van der Waals surface area contributed by atoms with Crippen LogP contribution in [0.3, 0.4) is 0 Å². The van der Waals surface area contributed by atoms with Crippen LogP contribution in [0.5, 0.6) is 0 Å². The molecule has 0 aliphatic heterocycles. The molecule has 0 amide bonds. The fraction of sp³-hybridized carbons (Fsp3) is 0.222. The van der Waals surface area contributed by atoms with Crippen LogP contribution in [0.15, 0.2) is 12.1 Å². The monoisotopic (exact) mass is 268 g/mol. The smallest absolute Gasteiger partial charge is 0.190 e. The van der Waals surface area contributed by atoms with Gasteiger partial charge in [0.2, 0.25) is 0 Å². The van der Waals surface area contributed by atoms with Crippen molar-refractivity contribution >= 4 is 22.6 Å². The van der Waals surface area contributed by atoms with Crippen LogP contribution in [-0.4, -0.2) is 9.55 Å². The molecule has 1 aromatic carbocycles. The third-order valence-corrected chi connectivity index (χ3v) is 2.24. The average Bonchev–Trinajstić information content (AvgIpc) is 2.28. The van der Waals surface area contributed by atoms with Crippen molar-refractivity contribution in [2.75, 3.05) is 0 Å². The fourth-order valence-corrected chi connectivity index (χ4v) is 1.39. The van der Waals surface area contributed by atoms with Gasteiger partial charge in [0.25, 0.3) is 0 Å². The van der Waals surface area contributed by atoms with E-state index in [1.807, 2.05) is 30.7 Å². The predicted octanol–water partition coefficient (Wildman–Crippen LogP) is 2.33. The van der Waals surface area contributed by atoms with Gasteiger partial charge in [0.05, 0.1) is 0 Å². The molecule has 0 saturated heterocycles. The second-order valence-electron chi connectivity index (χ2n) is 2.83. The summed E-state index contributed by atoms with van der Waals surface area (Å²) in [6, 6.07) is 6.99. The number of hydrogen-bond acceptors (Lipinski definition) is 1. The van der Waals surface area contributed by atoms with E-state index in [2.05, 4.69) is 11.1 Å². The molecule has 13 heavy (non-hydrogen) atoms. The van der Waals surface area contributed by atoms with Crippen LogP contribution in [0.2, 0.25) is 5.28 Å². The van der Waals surface area contributed by atoms with Gasteiger partial charge in [0.1, 0.15) is 0 Å². The van der Waals surface area contributed by atoms with E-state index in [1.165, 1.54) is 0 Å². The molecule has 0 aliphatic rings. The average molecular weight is 269 g/mol. The Kier molecular flexibility index (Phi) is 3.50. The molecule has 0 aliphatic carbocycles. The first kappa shape index (κ1) is 11.2. The van der Waals surface area contributed by atoms with E-state index in [0.29, 0.717) is 5.28 Å². The summed E-state index contributed by atoms with van der Waals surface area (Å²) < 4.78 is 1.84. The van der Waals surface area contributed by atoms with E-state index >= 15 is 0 Å². The Morgan fingerprint density at radius 2 is 2.23 bits per heavy atom. The summed E-state index contributed by atoms with van der Waals surface area (Å²) in [7, 11) is 1.89. The molecule has 2 nitrogen and oxygen atoms in total. The van der Waals surface area contributed by atoms with Gasteiger partial charge in [-0.3, -0.25) is 0 Å². The van der Waals surface area contributed by atoms with E-state index in [-0.39, 0.29) is 32.7 Å². The zero-order valence-corrected chi connectivity index (χ0v) is 11.1. The second kappa shape index (κ2) is 4.08. The standard InChI is InChI=1S/C9H8ClN2.Y/c1-6-3-4-8-7(5-6)11-9(10)12(8)2;/h4-5H,1-2H3;/q-1;. The summed E-state index contributed by atoms with van der Waals surface area (Å²) in [6.45, 7) is 1.99. The number of nitrogens with zero attached hydrogens (tertiary/aromatic N) is 2. The van der Waals surface area contributed by atoms with Crippen molar-refractivity contribution in [3.63, 3.8) is 0 Å². The minimum absolute atomic E-state index is 0. The molecular weight excluding hydrogens is 260 g/mol. The fourth-order valence-electron chi connectivity index (χ4n) is 1.21. The van der Waals surface area contributed by atoms with Crippen LogP contribution in [0.25, 0.3) is 11.0 Å². The molecule has 1 aromatic heterocycles. The maximum atomic E-state index is 5.84. The zero-order valence-electron chi connectivity index (χ0n) is 7.50. The maximum absolute atomic E-state index is 5.84. The number of imidazole rings is 1. The van der Waals surface area contributed by atoms with Gasteiger partial charge in [-0.25, -0.2) is 4.98 Å². The van der Waals surface area contributed by atoms with Crippen LogP contribution in [0.4, 0.5) is 0 Å². The van der Waals surface area contributed by atoms with Crippen molar-refractivity contribution in [1.29, 1.82) is 0 Å². The van der Waals surface area contributed by atoms with Crippen LogP contribution < -0.4 is 0 Å². The molecule has 0 bridgehead atoms. The first-order valence-corrected chi connectivity index (χ1v) is 4.06. The van der Waals surface area contributed by atoms with Gasteiger partial charge in [0.15, 0.2) is 5.28 Å². The molecule has 0 spiro atoms. The van der Waals surface area contributed by atoms with Gasteiger partial charge in [0, 0.05) is 39.8 Å². The maximum Gasteiger partial charge on any atom is 0.190 e. The molecule has 4 heteroatoms. The third kappa shape index (κ3) is 1.95. The Bertz CT molecular complexity index is 436. The normalized spacial score (nSPS) is 10.1. The molecule has 0 N–H and O–H groups in total. The van der Waals surface area contributed by atoms with Crippen molar-refractivity contribution in [2.45, 2.75) is 6.92 Å². The molecule has 0 unspecified atom stereocenters. The topological polar surface area (TPSA) is 17.8 Å². The van der Waals surface area contributed by atoms with Crippen molar-refractivity contribution in [3.8, 4) is 0 Å². The summed E-state index contributed by atoms with van der Waals surface area (Å²) in [4.78, 5) is 4.18. The largest absolute Gasteiger partial charge is 0.371 e. The van der Waals surface area contributed by atoms with Gasteiger partial charge in [-0.2, -0.15) is 17.7 Å². The number of benzene rings is 1. The van der Waals surface area contributed by atoms with Crippen LogP contribution >= 0.6 is 11.6 Å². The van der Waals surface area contributed by atoms with E-state index in [4.69, 9.17) is 11.6 Å². The van der Waals surface area contributed by atoms with E-state index in [9.17, 15) is 0 Å². The number of aryl methyl sites for hydroxylation is 2. The molecule has 0 atom stereocenters. The summed E-state index contributed by atoms with van der Waals surface area (Å²) >= 11 is 5.84. The summed E-state index contributed by atoms with van der Waals surface area (Å²) in [6.07, 6.45) is 0. The number of fused-ring (bicyclic) bond motifs is 1. The first-order valence-electron chi connectivity index (χ1n) is 3.69. The van der Waals surface area contributed by atoms with Gasteiger partial charge < -0.3 is 4.57 Å². The van der Waals surface area contributed by atoms with Gasteiger partial charge in [-0.1, -0.05) is 6.92 Å². The van der Waals surface area contributed by atoms with Gasteiger partial charge >= 0.3 is 0 Å². The Morgan fingerprint density at radius 3 is 2.92 bits per heavy atom. The van der Waals surface area contributed by atoms with Crippen molar-refractivity contribution in [1.82, 2.24) is 9.55 Å². The molecule has 2 aromatic rings. The van der Waals surface area contributed by atoms with Crippen LogP contribution in [0.1, 0.15) is 5.56 Å². The summed E-state index contributed by atoms with van der Waals surface area (Å²) in [5, 5.41) is 0.518. The Balaban J connectivity index is 0.000000845. The predicted molar refractivity (Wildman–Crippen MR) is 49.3 cm³/mol. The van der Waals surface area contributed by atoms with Gasteiger partial charge in [-0.15, -0.1) is 6.07 Å². The Labute approximate surface area is 107 Å². The van der Waals surface area contributed by atoms with Gasteiger partial charge in [-0.05, 0) is 22.6 Å². The molecular formula is C9H8ClN2Y-. The molecule has 0 saturated carbocycles. The number of aromatic nitrogens is 2. The molecule has 65 valence electrons. The van der Waals surface area contributed by atoms with Crippen molar-refractivity contribution in [2.24, 2.45) is 7.05 Å². The second-order valence-corrected chi connectivity index (χ2v) is 3.16. The SMILES string of the molecule is Cc1[c-]cc2c(c1)nc(Cl)n2C.[Y]. The number of halogens is 1. The third-order valence-electron chi connectivity index (χ3n) is 1.90. The number of hydrogen-bond donors (Lipinski definition) is 0. The first-order chi connectivity index (χ1) is 5.68. The van der Waals surface area contributed by atoms with E-state index in [1.54, 1.807) is 0 Å². The Morgan fingerprint density at radius 1 is 1.54 bits per heavy atom. The van der Waals surface area contributed by atoms with E-state index < -0.39 is 0 Å². The van der Waals surface area contributed by atoms with Crippen LogP contribution in [0, 0.1) is 13.0 Å². The minimum atomic E-state index is 0. The molecule has 2 rings (SSSR count). The molecule has 0 fully saturated rings. The summed E-state index contributed by atoms with van der Waals surface area (Å²) in [5.74, 6) is 0. The van der Waals surface area contributed by atoms with E-state index in [0.717, 1.165) is 16.6 Å². The molecule has 1 radical (unpaired) electrons. The number of rotatable bonds is 0.